The van der Waals surface area contributed by atoms with Gasteiger partial charge in [0.2, 0.25) is 0 Å². The SMILES string of the molecule is O=Cc1ccc2c3cc4c(cc3n(-c3ccccc3)c2c1)c1ccccc1n4-c1ccccc1. The Hall–Kier alpha value is -4.63. The van der Waals surface area contributed by atoms with E-state index in [1.807, 2.05) is 24.3 Å². The smallest absolute Gasteiger partial charge is 0.150 e. The number of nitrogens with zero attached hydrogens (tertiary/aromatic N) is 2. The summed E-state index contributed by atoms with van der Waals surface area (Å²) < 4.78 is 4.61. The number of carbonyl (C=O) groups excluding carboxylic acids is 1. The van der Waals surface area contributed by atoms with Crippen molar-refractivity contribution in [1.29, 1.82) is 0 Å². The van der Waals surface area contributed by atoms with E-state index in [4.69, 9.17) is 0 Å². The molecule has 2 aromatic heterocycles. The van der Waals surface area contributed by atoms with E-state index in [9.17, 15) is 4.79 Å². The summed E-state index contributed by atoms with van der Waals surface area (Å²) in [5, 5.41) is 4.74. The van der Waals surface area contributed by atoms with Gasteiger partial charge in [0.1, 0.15) is 6.29 Å². The van der Waals surface area contributed by atoms with Gasteiger partial charge in [0.05, 0.1) is 22.1 Å². The Morgan fingerprint density at radius 1 is 0.441 bits per heavy atom. The van der Waals surface area contributed by atoms with Gasteiger partial charge in [-0.2, -0.15) is 0 Å². The molecule has 0 radical (unpaired) electrons. The van der Waals surface area contributed by atoms with Crippen molar-refractivity contribution in [2.24, 2.45) is 0 Å². The Morgan fingerprint density at radius 2 is 0.941 bits per heavy atom. The minimum Gasteiger partial charge on any atom is -0.309 e. The molecule has 0 fully saturated rings. The number of rotatable bonds is 3. The van der Waals surface area contributed by atoms with Crippen molar-refractivity contribution in [3.63, 3.8) is 0 Å². The van der Waals surface area contributed by atoms with Crippen LogP contribution < -0.4 is 0 Å². The number of hydrogen-bond acceptors (Lipinski definition) is 1. The number of fused-ring (bicyclic) bond motifs is 6. The molecule has 0 aliphatic rings. The first-order valence-electron chi connectivity index (χ1n) is 11.4. The fraction of sp³-hybridized carbons (Fsp3) is 0. The summed E-state index contributed by atoms with van der Waals surface area (Å²) in [6, 6.07) is 40.0. The Bertz CT molecular complexity index is 1860. The van der Waals surface area contributed by atoms with E-state index >= 15 is 0 Å². The van der Waals surface area contributed by atoms with Crippen LogP contribution in [0.2, 0.25) is 0 Å². The molecule has 160 valence electrons. The molecule has 0 aliphatic heterocycles. The normalized spacial score (nSPS) is 11.6. The standard InChI is InChI=1S/C31H20N2O/c34-20-21-15-16-25-27-19-30-26(18-31(27)33(29(25)17-21)23-11-5-2-6-12-23)24-13-7-8-14-28(24)32(30)22-9-3-1-4-10-22/h1-20H. The first-order chi connectivity index (χ1) is 16.8. The lowest BCUT2D eigenvalue weighted by Crippen LogP contribution is -1.94. The lowest BCUT2D eigenvalue weighted by molar-refractivity contribution is 0.112. The summed E-state index contributed by atoms with van der Waals surface area (Å²) in [7, 11) is 0. The van der Waals surface area contributed by atoms with Crippen LogP contribution in [0.5, 0.6) is 0 Å². The van der Waals surface area contributed by atoms with Gasteiger partial charge in [-0.25, -0.2) is 0 Å². The van der Waals surface area contributed by atoms with Crippen molar-refractivity contribution in [1.82, 2.24) is 9.13 Å². The molecular weight excluding hydrogens is 416 g/mol. The quantitative estimate of drug-likeness (QED) is 0.261. The van der Waals surface area contributed by atoms with E-state index in [0.717, 1.165) is 34.1 Å². The molecule has 0 amide bonds. The Balaban J connectivity index is 1.70. The number of aromatic nitrogens is 2. The van der Waals surface area contributed by atoms with Crippen LogP contribution in [0.25, 0.3) is 55.0 Å². The molecule has 3 nitrogen and oxygen atoms in total. The van der Waals surface area contributed by atoms with E-state index in [1.54, 1.807) is 0 Å². The summed E-state index contributed by atoms with van der Waals surface area (Å²) in [6.45, 7) is 0. The van der Waals surface area contributed by atoms with Crippen LogP contribution >= 0.6 is 0 Å². The molecule has 7 rings (SSSR count). The number of para-hydroxylation sites is 3. The predicted molar refractivity (Wildman–Crippen MR) is 141 cm³/mol. The van der Waals surface area contributed by atoms with E-state index in [-0.39, 0.29) is 0 Å². The average Bonchev–Trinajstić information content (AvgIpc) is 3.40. The highest BCUT2D eigenvalue weighted by Gasteiger charge is 2.18. The van der Waals surface area contributed by atoms with Crippen LogP contribution in [0, 0.1) is 0 Å². The van der Waals surface area contributed by atoms with Crippen molar-refractivity contribution in [2.45, 2.75) is 0 Å². The van der Waals surface area contributed by atoms with Gasteiger partial charge in [0.25, 0.3) is 0 Å². The Morgan fingerprint density at radius 3 is 1.56 bits per heavy atom. The molecule has 7 aromatic rings. The zero-order valence-corrected chi connectivity index (χ0v) is 18.3. The van der Waals surface area contributed by atoms with Crippen LogP contribution in [-0.4, -0.2) is 15.4 Å². The van der Waals surface area contributed by atoms with Crippen molar-refractivity contribution in [3.05, 3.63) is 121 Å². The third-order valence-electron chi connectivity index (χ3n) is 6.75. The molecule has 3 heteroatoms. The zero-order valence-electron chi connectivity index (χ0n) is 18.3. The largest absolute Gasteiger partial charge is 0.309 e. The highest BCUT2D eigenvalue weighted by molar-refractivity contribution is 6.19. The molecule has 0 aliphatic carbocycles. The molecule has 0 unspecified atom stereocenters. The van der Waals surface area contributed by atoms with E-state index in [1.165, 1.54) is 27.2 Å². The van der Waals surface area contributed by atoms with Crippen molar-refractivity contribution in [3.8, 4) is 11.4 Å². The van der Waals surface area contributed by atoms with Crippen LogP contribution in [0.4, 0.5) is 0 Å². The maximum absolute atomic E-state index is 11.6. The molecule has 0 N–H and O–H groups in total. The summed E-state index contributed by atoms with van der Waals surface area (Å²) in [5.74, 6) is 0. The lowest BCUT2D eigenvalue weighted by Gasteiger charge is -2.09. The molecule has 2 heterocycles. The second-order valence-electron chi connectivity index (χ2n) is 8.64. The van der Waals surface area contributed by atoms with Gasteiger partial charge in [-0.05, 0) is 48.5 Å². The van der Waals surface area contributed by atoms with Crippen molar-refractivity contribution in [2.75, 3.05) is 0 Å². The molecule has 0 saturated carbocycles. The van der Waals surface area contributed by atoms with Gasteiger partial charge >= 0.3 is 0 Å². The van der Waals surface area contributed by atoms with E-state index in [0.29, 0.717) is 5.56 Å². The predicted octanol–water partition coefficient (Wildman–Crippen LogP) is 7.69. The summed E-state index contributed by atoms with van der Waals surface area (Å²) in [6.07, 6.45) is 0.916. The van der Waals surface area contributed by atoms with Crippen molar-refractivity contribution >= 4 is 49.9 Å². The second kappa shape index (κ2) is 7.19. The lowest BCUT2D eigenvalue weighted by atomic mass is 10.1. The molecule has 0 bridgehead atoms. The Labute approximate surface area is 196 Å². The summed E-state index contributed by atoms with van der Waals surface area (Å²) in [5.41, 5.74) is 7.43. The maximum atomic E-state index is 11.6. The third kappa shape index (κ3) is 2.61. The van der Waals surface area contributed by atoms with Gasteiger partial charge in [0.15, 0.2) is 0 Å². The van der Waals surface area contributed by atoms with E-state index in [2.05, 4.69) is 100 Å². The summed E-state index contributed by atoms with van der Waals surface area (Å²) >= 11 is 0. The minimum atomic E-state index is 0.677. The van der Waals surface area contributed by atoms with Crippen molar-refractivity contribution < 1.29 is 4.79 Å². The topological polar surface area (TPSA) is 26.9 Å². The van der Waals surface area contributed by atoms with Gasteiger partial charge < -0.3 is 9.13 Å². The molecular formula is C31H20N2O. The van der Waals surface area contributed by atoms with Crippen LogP contribution in [0.3, 0.4) is 0 Å². The first-order valence-corrected chi connectivity index (χ1v) is 11.4. The molecule has 0 atom stereocenters. The monoisotopic (exact) mass is 436 g/mol. The number of hydrogen-bond donors (Lipinski definition) is 0. The third-order valence-corrected chi connectivity index (χ3v) is 6.75. The Kier molecular flexibility index (Phi) is 4.00. The molecule has 0 saturated heterocycles. The van der Waals surface area contributed by atoms with E-state index < -0.39 is 0 Å². The second-order valence-corrected chi connectivity index (χ2v) is 8.64. The number of aldehydes is 1. The highest BCUT2D eigenvalue weighted by atomic mass is 16.1. The fourth-order valence-electron chi connectivity index (χ4n) is 5.28. The highest BCUT2D eigenvalue weighted by Crippen LogP contribution is 2.39. The van der Waals surface area contributed by atoms with Gasteiger partial charge in [-0.3, -0.25) is 4.79 Å². The maximum Gasteiger partial charge on any atom is 0.150 e. The molecule has 34 heavy (non-hydrogen) atoms. The first kappa shape index (κ1) is 18.9. The fourth-order valence-corrected chi connectivity index (χ4v) is 5.28. The van der Waals surface area contributed by atoms with Crippen LogP contribution in [0.15, 0.2) is 115 Å². The summed E-state index contributed by atoms with van der Waals surface area (Å²) in [4.78, 5) is 11.6. The molecule has 5 aromatic carbocycles. The zero-order chi connectivity index (χ0) is 22.6. The number of carbonyl (C=O) groups is 1. The van der Waals surface area contributed by atoms with Gasteiger partial charge in [-0.15, -0.1) is 0 Å². The average molecular weight is 437 g/mol. The van der Waals surface area contributed by atoms with Crippen LogP contribution in [-0.2, 0) is 0 Å². The molecule has 0 spiro atoms. The van der Waals surface area contributed by atoms with Gasteiger partial charge in [0, 0.05) is 38.5 Å². The van der Waals surface area contributed by atoms with Gasteiger partial charge in [-0.1, -0.05) is 66.7 Å². The van der Waals surface area contributed by atoms with Crippen LogP contribution in [0.1, 0.15) is 10.4 Å². The minimum absolute atomic E-state index is 0.677. The number of benzene rings is 5.